The topological polar surface area (TPSA) is 93.7 Å². The van der Waals surface area contributed by atoms with Crippen molar-refractivity contribution >= 4 is 15.9 Å². The summed E-state index contributed by atoms with van der Waals surface area (Å²) in [6.07, 6.45) is 2.13. The predicted molar refractivity (Wildman–Crippen MR) is 112 cm³/mol. The summed E-state index contributed by atoms with van der Waals surface area (Å²) in [7, 11) is -4.17. The van der Waals surface area contributed by atoms with Crippen LogP contribution in [0.1, 0.15) is 47.0 Å². The number of ether oxygens (including phenoxy) is 2. The number of hydrogen-bond acceptors (Lipinski definition) is 5. The quantitative estimate of drug-likeness (QED) is 0.512. The Labute approximate surface area is 178 Å². The fourth-order valence-corrected chi connectivity index (χ4v) is 4.84. The van der Waals surface area contributed by atoms with Gasteiger partial charge in [-0.15, -0.1) is 0 Å². The lowest BCUT2D eigenvalue weighted by molar-refractivity contribution is -0.131. The van der Waals surface area contributed by atoms with Gasteiger partial charge in [0.25, 0.3) is 0 Å². The van der Waals surface area contributed by atoms with E-state index in [9.17, 15) is 17.6 Å². The lowest BCUT2D eigenvalue weighted by Crippen LogP contribution is -2.50. The Balaban J connectivity index is 1.93. The van der Waals surface area contributed by atoms with Gasteiger partial charge >= 0.3 is 0 Å². The molecule has 0 radical (unpaired) electrons. The largest absolute Gasteiger partial charge is 0.355 e. The van der Waals surface area contributed by atoms with Crippen LogP contribution in [0.4, 0.5) is 4.39 Å². The molecule has 30 heavy (non-hydrogen) atoms. The van der Waals surface area contributed by atoms with Crippen molar-refractivity contribution in [1.82, 2.24) is 10.0 Å². The molecule has 1 saturated heterocycles. The number of hydrogen-bond donors (Lipinski definition) is 2. The molecule has 0 aliphatic carbocycles. The zero-order valence-corrected chi connectivity index (χ0v) is 18.9. The molecule has 1 aliphatic heterocycles. The van der Waals surface area contributed by atoms with Crippen molar-refractivity contribution in [2.75, 3.05) is 19.8 Å². The Kier molecular flexibility index (Phi) is 8.78. The van der Waals surface area contributed by atoms with Gasteiger partial charge in [-0.2, -0.15) is 4.72 Å². The molecular weight excluding hydrogens is 411 g/mol. The second-order valence-electron chi connectivity index (χ2n) is 8.25. The first kappa shape index (κ1) is 24.7. The maximum absolute atomic E-state index is 13.9. The van der Waals surface area contributed by atoms with E-state index >= 15 is 0 Å². The SMILES string of the molecule is CC[C@@](C)(CCCNC(=O)[C@@H](NS(=O)(=O)c1ccccc1F)C(C)C)C1OCCO1. The Bertz CT molecular complexity index is 811. The van der Waals surface area contributed by atoms with Gasteiger partial charge in [-0.25, -0.2) is 12.8 Å². The fourth-order valence-electron chi connectivity index (χ4n) is 3.42. The number of nitrogens with one attached hydrogen (secondary N) is 2. The maximum atomic E-state index is 13.9. The van der Waals surface area contributed by atoms with E-state index in [2.05, 4.69) is 23.9 Å². The van der Waals surface area contributed by atoms with Crippen LogP contribution in [0.15, 0.2) is 29.2 Å². The van der Waals surface area contributed by atoms with E-state index in [1.807, 2.05) is 0 Å². The summed E-state index contributed by atoms with van der Waals surface area (Å²) in [6.45, 7) is 9.23. The van der Waals surface area contributed by atoms with Crippen molar-refractivity contribution in [3.8, 4) is 0 Å². The second kappa shape index (κ2) is 10.7. The minimum Gasteiger partial charge on any atom is -0.355 e. The molecule has 1 aliphatic rings. The molecule has 0 aromatic heterocycles. The fraction of sp³-hybridized carbons (Fsp3) is 0.667. The van der Waals surface area contributed by atoms with Crippen LogP contribution >= 0.6 is 0 Å². The van der Waals surface area contributed by atoms with Crippen molar-refractivity contribution in [1.29, 1.82) is 0 Å². The summed E-state index contributed by atoms with van der Waals surface area (Å²) in [5.41, 5.74) is -0.148. The molecule has 2 atom stereocenters. The standard InChI is InChI=1S/C21H33FN2O5S/c1-5-21(4,20-28-13-14-29-20)11-8-12-23-19(25)18(15(2)3)24-30(26,27)17-10-7-6-9-16(17)22/h6-7,9-10,15,18,20,24H,5,8,11-14H2,1-4H3,(H,23,25)/t18-,21-/m0/s1. The summed E-state index contributed by atoms with van der Waals surface area (Å²) in [5, 5.41) is 2.80. The molecule has 0 saturated carbocycles. The normalized spacial score (nSPS) is 18.3. The first-order chi connectivity index (χ1) is 14.1. The van der Waals surface area contributed by atoms with E-state index in [1.54, 1.807) is 13.8 Å². The number of benzene rings is 1. The third-order valence-electron chi connectivity index (χ3n) is 5.58. The number of sulfonamides is 1. The maximum Gasteiger partial charge on any atom is 0.244 e. The van der Waals surface area contributed by atoms with E-state index in [4.69, 9.17) is 9.47 Å². The molecule has 1 aromatic rings. The summed E-state index contributed by atoms with van der Waals surface area (Å²) >= 11 is 0. The molecule has 7 nitrogen and oxygen atoms in total. The molecule has 0 unspecified atom stereocenters. The molecule has 1 aromatic carbocycles. The van der Waals surface area contributed by atoms with Crippen LogP contribution in [0.2, 0.25) is 0 Å². The smallest absolute Gasteiger partial charge is 0.244 e. The van der Waals surface area contributed by atoms with Gasteiger partial charge in [-0.05, 0) is 37.3 Å². The second-order valence-corrected chi connectivity index (χ2v) is 9.93. The molecule has 2 N–H and O–H groups in total. The van der Waals surface area contributed by atoms with Crippen LogP contribution in [0.3, 0.4) is 0 Å². The molecule has 0 bridgehead atoms. The number of amides is 1. The Morgan fingerprint density at radius 2 is 1.90 bits per heavy atom. The van der Waals surface area contributed by atoms with Crippen molar-refractivity contribution in [3.63, 3.8) is 0 Å². The van der Waals surface area contributed by atoms with Crippen LogP contribution in [0, 0.1) is 17.2 Å². The van der Waals surface area contributed by atoms with Crippen LogP contribution in [-0.2, 0) is 24.3 Å². The van der Waals surface area contributed by atoms with Gasteiger partial charge in [0.1, 0.15) is 16.8 Å². The minimum absolute atomic E-state index is 0.148. The van der Waals surface area contributed by atoms with E-state index in [0.717, 1.165) is 18.9 Å². The Morgan fingerprint density at radius 3 is 2.47 bits per heavy atom. The van der Waals surface area contributed by atoms with Crippen LogP contribution in [0.5, 0.6) is 0 Å². The Hall–Kier alpha value is -1.55. The van der Waals surface area contributed by atoms with Gasteiger partial charge in [0.05, 0.1) is 13.2 Å². The highest BCUT2D eigenvalue weighted by molar-refractivity contribution is 7.89. The number of rotatable bonds is 11. The average Bonchev–Trinajstić information content (AvgIpc) is 3.24. The molecule has 1 heterocycles. The predicted octanol–water partition coefficient (Wildman–Crippen LogP) is 2.81. The summed E-state index contributed by atoms with van der Waals surface area (Å²) in [5.74, 6) is -1.60. The number of carbonyl (C=O) groups excluding carboxylic acids is 1. The number of carbonyl (C=O) groups is 1. The third kappa shape index (κ3) is 6.23. The van der Waals surface area contributed by atoms with Gasteiger partial charge < -0.3 is 14.8 Å². The third-order valence-corrected chi connectivity index (χ3v) is 7.05. The highest BCUT2D eigenvalue weighted by Gasteiger charge is 2.36. The van der Waals surface area contributed by atoms with E-state index in [0.29, 0.717) is 26.2 Å². The Morgan fingerprint density at radius 1 is 1.27 bits per heavy atom. The van der Waals surface area contributed by atoms with Crippen LogP contribution in [-0.4, -0.2) is 46.4 Å². The first-order valence-electron chi connectivity index (χ1n) is 10.4. The van der Waals surface area contributed by atoms with Crippen molar-refractivity contribution in [3.05, 3.63) is 30.1 Å². The van der Waals surface area contributed by atoms with E-state index in [-0.39, 0.29) is 17.6 Å². The van der Waals surface area contributed by atoms with Crippen LogP contribution < -0.4 is 10.0 Å². The zero-order valence-electron chi connectivity index (χ0n) is 18.1. The minimum atomic E-state index is -4.17. The zero-order chi connectivity index (χ0) is 22.4. The highest BCUT2D eigenvalue weighted by Crippen LogP contribution is 2.35. The van der Waals surface area contributed by atoms with Gasteiger partial charge in [0.15, 0.2) is 6.29 Å². The molecule has 170 valence electrons. The van der Waals surface area contributed by atoms with Crippen LogP contribution in [0.25, 0.3) is 0 Å². The monoisotopic (exact) mass is 444 g/mol. The molecular formula is C21H33FN2O5S. The molecule has 9 heteroatoms. The summed E-state index contributed by atoms with van der Waals surface area (Å²) in [6, 6.07) is 4.08. The number of halogens is 1. The average molecular weight is 445 g/mol. The summed E-state index contributed by atoms with van der Waals surface area (Å²) in [4.78, 5) is 12.2. The van der Waals surface area contributed by atoms with Gasteiger partial charge in [0, 0.05) is 12.0 Å². The lowest BCUT2D eigenvalue weighted by atomic mass is 9.82. The lowest BCUT2D eigenvalue weighted by Gasteiger charge is -2.33. The summed E-state index contributed by atoms with van der Waals surface area (Å²) < 4.78 is 52.7. The van der Waals surface area contributed by atoms with Gasteiger partial charge in [0.2, 0.25) is 15.9 Å². The first-order valence-corrected chi connectivity index (χ1v) is 11.9. The molecule has 1 fully saturated rings. The van der Waals surface area contributed by atoms with E-state index < -0.39 is 32.7 Å². The van der Waals surface area contributed by atoms with Crippen molar-refractivity contribution < 1.29 is 27.1 Å². The van der Waals surface area contributed by atoms with Crippen molar-refractivity contribution in [2.45, 2.75) is 64.2 Å². The van der Waals surface area contributed by atoms with Crippen molar-refractivity contribution in [2.24, 2.45) is 11.3 Å². The molecule has 2 rings (SSSR count). The highest BCUT2D eigenvalue weighted by atomic mass is 32.2. The van der Waals surface area contributed by atoms with E-state index in [1.165, 1.54) is 18.2 Å². The van der Waals surface area contributed by atoms with Gasteiger partial charge in [-0.1, -0.05) is 39.8 Å². The van der Waals surface area contributed by atoms with Gasteiger partial charge in [-0.3, -0.25) is 4.79 Å². The molecule has 0 spiro atoms. The molecule has 1 amide bonds.